The van der Waals surface area contributed by atoms with Crippen molar-refractivity contribution in [3.63, 3.8) is 0 Å². The number of nitrogens with one attached hydrogen (secondary N) is 1. The molecule has 3 aliphatic heterocycles. The highest BCUT2D eigenvalue weighted by atomic mass is 16.5. The summed E-state index contributed by atoms with van der Waals surface area (Å²) in [5, 5.41) is 3.50. The average molecular weight is 416 g/mol. The molecule has 2 fully saturated rings. The van der Waals surface area contributed by atoms with Crippen LogP contribution in [0.4, 0.5) is 0 Å². The van der Waals surface area contributed by atoms with E-state index in [0.717, 1.165) is 50.3 Å². The summed E-state index contributed by atoms with van der Waals surface area (Å²) in [5.41, 5.74) is 1.58. The summed E-state index contributed by atoms with van der Waals surface area (Å²) >= 11 is 0. The van der Waals surface area contributed by atoms with Crippen LogP contribution in [0, 0.1) is 17.3 Å². The molecule has 0 aromatic heterocycles. The molecular formula is C25H37NO4. The van der Waals surface area contributed by atoms with E-state index >= 15 is 0 Å². The van der Waals surface area contributed by atoms with Crippen molar-refractivity contribution in [3.8, 4) is 5.75 Å². The maximum absolute atomic E-state index is 12.1. The molecule has 4 rings (SSSR count). The number of rotatable bonds is 5. The second kappa shape index (κ2) is 8.51. The van der Waals surface area contributed by atoms with Gasteiger partial charge in [0, 0.05) is 11.5 Å². The maximum atomic E-state index is 12.1. The number of carbonyl (C=O) groups is 1. The second-order valence-electron chi connectivity index (χ2n) is 10.2. The monoisotopic (exact) mass is 415 g/mol. The molecule has 3 aliphatic rings. The number of piperidine rings is 1. The van der Waals surface area contributed by atoms with Gasteiger partial charge in [-0.1, -0.05) is 26.3 Å². The minimum absolute atomic E-state index is 0.0324. The molecule has 0 aliphatic carbocycles. The highest BCUT2D eigenvalue weighted by Crippen LogP contribution is 2.56. The molecule has 0 radical (unpaired) electrons. The number of carbonyl (C=O) groups excluding carboxylic acids is 1. The quantitative estimate of drug-likeness (QED) is 0.694. The van der Waals surface area contributed by atoms with E-state index in [9.17, 15) is 4.79 Å². The first-order valence-corrected chi connectivity index (χ1v) is 11.6. The lowest BCUT2D eigenvalue weighted by atomic mass is 9.63. The zero-order valence-corrected chi connectivity index (χ0v) is 19.0. The summed E-state index contributed by atoms with van der Waals surface area (Å²) in [6.07, 6.45) is 6.87. The van der Waals surface area contributed by atoms with Crippen LogP contribution in [-0.4, -0.2) is 38.4 Å². The predicted octanol–water partition coefficient (Wildman–Crippen LogP) is 4.90. The Kier molecular flexibility index (Phi) is 6.13. The van der Waals surface area contributed by atoms with Gasteiger partial charge in [0.2, 0.25) is 0 Å². The largest absolute Gasteiger partial charge is 0.487 e. The first-order valence-electron chi connectivity index (χ1n) is 11.6. The Bertz CT molecular complexity index is 770. The van der Waals surface area contributed by atoms with Crippen LogP contribution in [0.25, 0.3) is 0 Å². The van der Waals surface area contributed by atoms with Crippen molar-refractivity contribution in [3.05, 3.63) is 29.3 Å². The maximum Gasteiger partial charge on any atom is 0.337 e. The van der Waals surface area contributed by atoms with Crippen molar-refractivity contribution >= 4 is 5.97 Å². The van der Waals surface area contributed by atoms with Crippen LogP contribution in [0.2, 0.25) is 0 Å². The topological polar surface area (TPSA) is 56.8 Å². The van der Waals surface area contributed by atoms with Crippen LogP contribution >= 0.6 is 0 Å². The minimum Gasteiger partial charge on any atom is -0.487 e. The van der Waals surface area contributed by atoms with Crippen molar-refractivity contribution in [2.45, 2.75) is 71.0 Å². The van der Waals surface area contributed by atoms with Gasteiger partial charge in [-0.3, -0.25) is 0 Å². The number of fused-ring (bicyclic) bond motifs is 3. The van der Waals surface area contributed by atoms with Gasteiger partial charge in [-0.25, -0.2) is 4.79 Å². The molecule has 1 aromatic rings. The van der Waals surface area contributed by atoms with E-state index in [1.54, 1.807) is 0 Å². The fourth-order valence-corrected chi connectivity index (χ4v) is 5.69. The minimum atomic E-state index is -0.330. The number of hydrogen-bond donors (Lipinski definition) is 1. The third kappa shape index (κ3) is 4.11. The molecular weight excluding hydrogens is 378 g/mol. The molecule has 0 saturated carbocycles. The Morgan fingerprint density at radius 2 is 2.07 bits per heavy atom. The van der Waals surface area contributed by atoms with Gasteiger partial charge in [0.25, 0.3) is 0 Å². The smallest absolute Gasteiger partial charge is 0.337 e. The summed E-state index contributed by atoms with van der Waals surface area (Å²) in [5.74, 6) is 1.47. The van der Waals surface area contributed by atoms with Crippen LogP contribution in [0.3, 0.4) is 0 Å². The van der Waals surface area contributed by atoms with Crippen LogP contribution < -0.4 is 10.1 Å². The molecule has 30 heavy (non-hydrogen) atoms. The normalized spacial score (nSPS) is 29.8. The Labute approximate surface area is 180 Å². The number of hydrogen-bond acceptors (Lipinski definition) is 5. The third-order valence-electron chi connectivity index (χ3n) is 7.57. The molecule has 1 spiro atoms. The molecule has 1 N–H and O–H groups in total. The average Bonchev–Trinajstić information content (AvgIpc) is 2.73. The molecule has 5 heteroatoms. The molecule has 166 valence electrons. The fraction of sp³-hybridized carbons (Fsp3) is 0.720. The van der Waals surface area contributed by atoms with Gasteiger partial charge < -0.3 is 19.5 Å². The lowest BCUT2D eigenvalue weighted by molar-refractivity contribution is -0.176. The molecule has 0 unspecified atom stereocenters. The number of esters is 1. The van der Waals surface area contributed by atoms with E-state index in [2.05, 4.69) is 26.1 Å². The van der Waals surface area contributed by atoms with Gasteiger partial charge in [0.1, 0.15) is 11.4 Å². The third-order valence-corrected chi connectivity index (χ3v) is 7.57. The van der Waals surface area contributed by atoms with Crippen molar-refractivity contribution < 1.29 is 19.0 Å². The van der Waals surface area contributed by atoms with Gasteiger partial charge in [0.05, 0.1) is 25.4 Å². The Hall–Kier alpha value is -1.59. The summed E-state index contributed by atoms with van der Waals surface area (Å²) in [7, 11) is 1.41. The number of benzene rings is 1. The first-order chi connectivity index (χ1) is 14.4. The SMILES string of the molecule is COC(=O)c1ccc2c(c1)O[C@](C)(CCCC(C)C)[C@@H]1CC3(CCNCC3)CO[C@@H]21. The molecule has 0 bridgehead atoms. The van der Waals surface area contributed by atoms with E-state index in [1.165, 1.54) is 26.4 Å². The van der Waals surface area contributed by atoms with Crippen molar-refractivity contribution in [2.75, 3.05) is 26.8 Å². The van der Waals surface area contributed by atoms with Crippen LogP contribution in [-0.2, 0) is 9.47 Å². The molecule has 1 aromatic carbocycles. The van der Waals surface area contributed by atoms with E-state index in [-0.39, 0.29) is 23.1 Å². The Balaban J connectivity index is 1.66. The zero-order valence-electron chi connectivity index (χ0n) is 19.0. The molecule has 2 saturated heterocycles. The molecule has 5 nitrogen and oxygen atoms in total. The van der Waals surface area contributed by atoms with Crippen LogP contribution in [0.1, 0.15) is 81.3 Å². The fourth-order valence-electron chi connectivity index (χ4n) is 5.69. The van der Waals surface area contributed by atoms with E-state index in [0.29, 0.717) is 17.4 Å². The zero-order chi connectivity index (χ0) is 21.4. The van der Waals surface area contributed by atoms with Crippen molar-refractivity contribution in [1.82, 2.24) is 5.32 Å². The van der Waals surface area contributed by atoms with Crippen molar-refractivity contribution in [1.29, 1.82) is 0 Å². The predicted molar refractivity (Wildman–Crippen MR) is 117 cm³/mol. The van der Waals surface area contributed by atoms with Gasteiger partial charge in [0.15, 0.2) is 0 Å². The summed E-state index contributed by atoms with van der Waals surface area (Å²) in [6.45, 7) is 9.78. The van der Waals surface area contributed by atoms with E-state index in [4.69, 9.17) is 14.2 Å². The molecule has 0 amide bonds. The van der Waals surface area contributed by atoms with Crippen molar-refractivity contribution in [2.24, 2.45) is 17.3 Å². The number of ether oxygens (including phenoxy) is 3. The van der Waals surface area contributed by atoms with Crippen LogP contribution in [0.15, 0.2) is 18.2 Å². The summed E-state index contributed by atoms with van der Waals surface area (Å²) in [6, 6.07) is 5.69. The molecule has 3 atom stereocenters. The highest BCUT2D eigenvalue weighted by Gasteiger charge is 2.53. The van der Waals surface area contributed by atoms with E-state index in [1.807, 2.05) is 18.2 Å². The number of methoxy groups -OCH3 is 1. The summed E-state index contributed by atoms with van der Waals surface area (Å²) in [4.78, 5) is 12.1. The Morgan fingerprint density at radius 3 is 2.77 bits per heavy atom. The van der Waals surface area contributed by atoms with Gasteiger partial charge in [-0.15, -0.1) is 0 Å². The van der Waals surface area contributed by atoms with Gasteiger partial charge in [-0.2, -0.15) is 0 Å². The van der Waals surface area contributed by atoms with Crippen LogP contribution in [0.5, 0.6) is 5.75 Å². The molecule has 3 heterocycles. The highest BCUT2D eigenvalue weighted by molar-refractivity contribution is 5.90. The standard InChI is InChI=1S/C25H37NO4/c1-17(2)6-5-9-24(3)20-15-25(10-12-26-13-11-25)16-29-22(20)19-8-7-18(23(27)28-4)14-21(19)30-24/h7-8,14,17,20,22,26H,5-6,9-13,15-16H2,1-4H3/t20-,22+,24-/m1/s1. The second-order valence-corrected chi connectivity index (χ2v) is 10.2. The lowest BCUT2D eigenvalue weighted by Gasteiger charge is -2.54. The summed E-state index contributed by atoms with van der Waals surface area (Å²) < 4.78 is 18.3. The van der Waals surface area contributed by atoms with Gasteiger partial charge in [-0.05, 0) is 75.6 Å². The van der Waals surface area contributed by atoms with Gasteiger partial charge >= 0.3 is 5.97 Å². The van der Waals surface area contributed by atoms with E-state index < -0.39 is 0 Å². The first kappa shape index (κ1) is 21.6. The lowest BCUT2D eigenvalue weighted by Crippen LogP contribution is -2.55. The Morgan fingerprint density at radius 1 is 1.30 bits per heavy atom.